The minimum Gasteiger partial charge on any atom is -0.334 e. The van der Waals surface area contributed by atoms with E-state index < -0.39 is 0 Å². The number of aromatic nitrogens is 3. The van der Waals surface area contributed by atoms with Crippen LogP contribution in [0.3, 0.4) is 0 Å². The Hall–Kier alpha value is -3.22. The molecular formula is C20H20N4O3. The second-order valence-corrected chi connectivity index (χ2v) is 6.93. The van der Waals surface area contributed by atoms with Gasteiger partial charge in [0.05, 0.1) is 5.56 Å². The maximum Gasteiger partial charge on any atom is 0.259 e. The molecule has 1 aliphatic rings. The molecule has 4 rings (SSSR count). The Labute approximate surface area is 156 Å². The molecule has 1 saturated carbocycles. The lowest BCUT2D eigenvalue weighted by atomic mass is 10.1. The molecule has 0 radical (unpaired) electrons. The highest BCUT2D eigenvalue weighted by molar-refractivity contribution is 5.92. The predicted octanol–water partition coefficient (Wildman–Crippen LogP) is 3.03. The maximum absolute atomic E-state index is 12.5. The molecular weight excluding hydrogens is 344 g/mol. The SMILES string of the molecule is Cc1cccc(C)c1NC(=O)Cn1cc(-c2nc(C3CC3)no2)ccc1=O. The molecule has 27 heavy (non-hydrogen) atoms. The van der Waals surface area contributed by atoms with E-state index in [9.17, 15) is 9.59 Å². The maximum atomic E-state index is 12.5. The van der Waals surface area contributed by atoms with Crippen molar-refractivity contribution >= 4 is 11.6 Å². The third kappa shape index (κ3) is 3.67. The molecule has 0 unspecified atom stereocenters. The average molecular weight is 364 g/mol. The van der Waals surface area contributed by atoms with E-state index in [2.05, 4.69) is 15.5 Å². The van der Waals surface area contributed by atoms with Gasteiger partial charge in [0.2, 0.25) is 5.91 Å². The van der Waals surface area contributed by atoms with Crippen LogP contribution in [0.1, 0.15) is 35.7 Å². The fourth-order valence-corrected chi connectivity index (χ4v) is 2.99. The van der Waals surface area contributed by atoms with Crippen molar-refractivity contribution in [3.05, 3.63) is 63.8 Å². The van der Waals surface area contributed by atoms with Crippen LogP contribution in [0.4, 0.5) is 5.69 Å². The van der Waals surface area contributed by atoms with Crippen LogP contribution in [0.15, 0.2) is 45.8 Å². The molecule has 0 bridgehead atoms. The highest BCUT2D eigenvalue weighted by Crippen LogP contribution is 2.38. The van der Waals surface area contributed by atoms with Gasteiger partial charge in [0.1, 0.15) is 6.54 Å². The first-order valence-electron chi connectivity index (χ1n) is 8.92. The molecule has 2 heterocycles. The minimum absolute atomic E-state index is 0.0932. The van der Waals surface area contributed by atoms with Crippen LogP contribution in [-0.2, 0) is 11.3 Å². The molecule has 2 aromatic heterocycles. The number of nitrogens with one attached hydrogen (secondary N) is 1. The Morgan fingerprint density at radius 2 is 1.96 bits per heavy atom. The fourth-order valence-electron chi connectivity index (χ4n) is 2.99. The van der Waals surface area contributed by atoms with Gasteiger partial charge in [0, 0.05) is 23.9 Å². The van der Waals surface area contributed by atoms with Gasteiger partial charge in [0.15, 0.2) is 5.82 Å². The lowest BCUT2D eigenvalue weighted by Crippen LogP contribution is -2.27. The zero-order chi connectivity index (χ0) is 19.0. The van der Waals surface area contributed by atoms with Crippen LogP contribution < -0.4 is 10.9 Å². The van der Waals surface area contributed by atoms with Crippen LogP contribution in [0, 0.1) is 13.8 Å². The summed E-state index contributed by atoms with van der Waals surface area (Å²) < 4.78 is 6.65. The van der Waals surface area contributed by atoms with Gasteiger partial charge in [-0.3, -0.25) is 9.59 Å². The Morgan fingerprint density at radius 1 is 1.22 bits per heavy atom. The third-order valence-electron chi connectivity index (χ3n) is 4.67. The molecule has 7 heteroatoms. The van der Waals surface area contributed by atoms with Crippen molar-refractivity contribution in [3.8, 4) is 11.5 Å². The van der Waals surface area contributed by atoms with E-state index in [0.717, 1.165) is 29.7 Å². The Balaban J connectivity index is 1.54. The summed E-state index contributed by atoms with van der Waals surface area (Å²) in [5.41, 5.74) is 3.08. The molecule has 0 saturated heterocycles. The number of anilines is 1. The number of amides is 1. The number of nitrogens with zero attached hydrogens (tertiary/aromatic N) is 3. The summed E-state index contributed by atoms with van der Waals surface area (Å²) in [6.07, 6.45) is 3.74. The lowest BCUT2D eigenvalue weighted by molar-refractivity contribution is -0.116. The first-order chi connectivity index (χ1) is 13.0. The van der Waals surface area contributed by atoms with Crippen molar-refractivity contribution in [1.82, 2.24) is 14.7 Å². The second kappa shape index (κ2) is 6.83. The van der Waals surface area contributed by atoms with E-state index in [1.165, 1.54) is 10.6 Å². The van der Waals surface area contributed by atoms with Crippen molar-refractivity contribution in [1.29, 1.82) is 0 Å². The number of hydrogen-bond donors (Lipinski definition) is 1. The molecule has 1 aliphatic carbocycles. The van der Waals surface area contributed by atoms with Gasteiger partial charge in [-0.1, -0.05) is 23.4 Å². The van der Waals surface area contributed by atoms with Crippen molar-refractivity contribution in [2.75, 3.05) is 5.32 Å². The highest BCUT2D eigenvalue weighted by Gasteiger charge is 2.29. The number of carbonyl (C=O) groups is 1. The minimum atomic E-state index is -0.268. The number of carbonyl (C=O) groups excluding carboxylic acids is 1. The Morgan fingerprint density at radius 3 is 2.67 bits per heavy atom. The summed E-state index contributed by atoms with van der Waals surface area (Å²) >= 11 is 0. The van der Waals surface area contributed by atoms with E-state index >= 15 is 0 Å². The van der Waals surface area contributed by atoms with Gasteiger partial charge in [-0.2, -0.15) is 4.98 Å². The zero-order valence-corrected chi connectivity index (χ0v) is 15.2. The summed E-state index contributed by atoms with van der Waals surface area (Å²) in [5, 5.41) is 6.88. The number of rotatable bonds is 5. The van der Waals surface area contributed by atoms with Crippen molar-refractivity contribution in [2.24, 2.45) is 0 Å². The number of para-hydroxylation sites is 1. The average Bonchev–Trinajstić information content (AvgIpc) is 3.37. The quantitative estimate of drug-likeness (QED) is 0.751. The van der Waals surface area contributed by atoms with Gasteiger partial charge in [0.25, 0.3) is 11.4 Å². The lowest BCUT2D eigenvalue weighted by Gasteiger charge is -2.12. The van der Waals surface area contributed by atoms with Crippen molar-refractivity contribution < 1.29 is 9.32 Å². The van der Waals surface area contributed by atoms with E-state index in [4.69, 9.17) is 4.52 Å². The topological polar surface area (TPSA) is 90.0 Å². The Kier molecular flexibility index (Phi) is 4.35. The standard InChI is InChI=1S/C20H20N4O3/c1-12-4-3-5-13(2)18(12)21-16(25)11-24-10-15(8-9-17(24)26)20-22-19(23-27-20)14-6-7-14/h3-5,8-10,14H,6-7,11H2,1-2H3,(H,21,25). The van der Waals surface area contributed by atoms with Crippen LogP contribution in [0.25, 0.3) is 11.5 Å². The molecule has 0 aliphatic heterocycles. The molecule has 1 amide bonds. The normalized spacial score (nSPS) is 13.6. The monoisotopic (exact) mass is 364 g/mol. The van der Waals surface area contributed by atoms with Gasteiger partial charge in [-0.05, 0) is 43.9 Å². The van der Waals surface area contributed by atoms with Crippen molar-refractivity contribution in [2.45, 2.75) is 39.2 Å². The van der Waals surface area contributed by atoms with Crippen LogP contribution in [0.2, 0.25) is 0 Å². The fraction of sp³-hybridized carbons (Fsp3) is 0.300. The molecule has 0 spiro atoms. The number of hydrogen-bond acceptors (Lipinski definition) is 5. The largest absolute Gasteiger partial charge is 0.334 e. The first-order valence-corrected chi connectivity index (χ1v) is 8.92. The van der Waals surface area contributed by atoms with E-state index in [1.807, 2.05) is 32.0 Å². The van der Waals surface area contributed by atoms with Gasteiger partial charge in [-0.25, -0.2) is 0 Å². The van der Waals surface area contributed by atoms with E-state index in [-0.39, 0.29) is 18.0 Å². The number of benzene rings is 1. The number of pyridine rings is 1. The van der Waals surface area contributed by atoms with Crippen LogP contribution in [0.5, 0.6) is 0 Å². The molecule has 1 aromatic carbocycles. The van der Waals surface area contributed by atoms with Gasteiger partial charge >= 0.3 is 0 Å². The smallest absolute Gasteiger partial charge is 0.259 e. The van der Waals surface area contributed by atoms with E-state index in [1.54, 1.807) is 12.3 Å². The second-order valence-electron chi connectivity index (χ2n) is 6.93. The molecule has 7 nitrogen and oxygen atoms in total. The van der Waals surface area contributed by atoms with Crippen LogP contribution >= 0.6 is 0 Å². The molecule has 3 aromatic rings. The molecule has 1 N–H and O–H groups in total. The highest BCUT2D eigenvalue weighted by atomic mass is 16.5. The molecule has 1 fully saturated rings. The molecule has 138 valence electrons. The van der Waals surface area contributed by atoms with Gasteiger partial charge < -0.3 is 14.4 Å². The zero-order valence-electron chi connectivity index (χ0n) is 15.2. The first kappa shape index (κ1) is 17.2. The van der Waals surface area contributed by atoms with Gasteiger partial charge in [-0.15, -0.1) is 0 Å². The van der Waals surface area contributed by atoms with Crippen LogP contribution in [-0.4, -0.2) is 20.6 Å². The molecule has 0 atom stereocenters. The predicted molar refractivity (Wildman–Crippen MR) is 101 cm³/mol. The summed E-state index contributed by atoms with van der Waals surface area (Å²) in [4.78, 5) is 29.0. The Bertz CT molecular complexity index is 1040. The summed E-state index contributed by atoms with van der Waals surface area (Å²) in [6.45, 7) is 3.77. The number of aryl methyl sites for hydroxylation is 2. The van der Waals surface area contributed by atoms with Crippen molar-refractivity contribution in [3.63, 3.8) is 0 Å². The third-order valence-corrected chi connectivity index (χ3v) is 4.67. The summed E-state index contributed by atoms with van der Waals surface area (Å²) in [7, 11) is 0. The summed E-state index contributed by atoms with van der Waals surface area (Å²) in [5.74, 6) is 1.18. The summed E-state index contributed by atoms with van der Waals surface area (Å²) in [6, 6.07) is 8.84. The van der Waals surface area contributed by atoms with E-state index in [0.29, 0.717) is 23.2 Å².